The lowest BCUT2D eigenvalue weighted by atomic mass is 10.2. The summed E-state index contributed by atoms with van der Waals surface area (Å²) in [7, 11) is 1.88. The van der Waals surface area contributed by atoms with Crippen LogP contribution in [0.2, 0.25) is 0 Å². The highest BCUT2D eigenvalue weighted by molar-refractivity contribution is 9.10. The molecule has 0 fully saturated rings. The summed E-state index contributed by atoms with van der Waals surface area (Å²) in [4.78, 5) is 3.35. The lowest BCUT2D eigenvalue weighted by Gasteiger charge is -1.99. The maximum atomic E-state index is 5.91. The molecule has 17 heavy (non-hydrogen) atoms. The molecule has 0 aliphatic carbocycles. The summed E-state index contributed by atoms with van der Waals surface area (Å²) in [5.41, 5.74) is 9.57. The highest BCUT2D eigenvalue weighted by Crippen LogP contribution is 2.29. The fraction of sp³-hybridized carbons (Fsp3) is 0.0833. The lowest BCUT2D eigenvalue weighted by molar-refractivity contribution is 0.774. The fourth-order valence-corrected chi connectivity index (χ4v) is 2.37. The van der Waals surface area contributed by atoms with Crippen molar-refractivity contribution in [2.75, 3.05) is 5.73 Å². The number of aromatic nitrogens is 3. The summed E-state index contributed by atoms with van der Waals surface area (Å²) in [6.45, 7) is 0. The van der Waals surface area contributed by atoms with E-state index in [2.05, 4.69) is 38.1 Å². The fourth-order valence-electron chi connectivity index (χ4n) is 2.01. The van der Waals surface area contributed by atoms with Crippen molar-refractivity contribution >= 4 is 32.5 Å². The molecule has 1 aromatic carbocycles. The predicted octanol–water partition coefficient (Wildman–Crippen LogP) is 2.91. The number of aryl methyl sites for hydroxylation is 1. The minimum Gasteiger partial charge on any atom is -0.396 e. The van der Waals surface area contributed by atoms with Gasteiger partial charge in [0.2, 0.25) is 0 Å². The average molecular weight is 291 g/mol. The predicted molar refractivity (Wildman–Crippen MR) is 72.6 cm³/mol. The maximum absolute atomic E-state index is 5.91. The van der Waals surface area contributed by atoms with Crippen LogP contribution < -0.4 is 5.73 Å². The molecule has 0 atom stereocenters. The van der Waals surface area contributed by atoms with E-state index in [1.54, 1.807) is 10.9 Å². The Balaban J connectivity index is 2.25. The molecule has 0 saturated heterocycles. The van der Waals surface area contributed by atoms with Crippen LogP contribution in [0.5, 0.6) is 0 Å². The van der Waals surface area contributed by atoms with E-state index >= 15 is 0 Å². The normalized spacial score (nSPS) is 11.2. The molecule has 2 heterocycles. The topological polar surface area (TPSA) is 59.6 Å². The molecule has 0 unspecified atom stereocenters. The first-order chi connectivity index (χ1) is 8.15. The van der Waals surface area contributed by atoms with Crippen molar-refractivity contribution in [1.82, 2.24) is 14.8 Å². The molecule has 3 aromatic rings. The number of hydrogen-bond acceptors (Lipinski definition) is 2. The van der Waals surface area contributed by atoms with E-state index in [4.69, 9.17) is 5.73 Å². The van der Waals surface area contributed by atoms with Gasteiger partial charge >= 0.3 is 0 Å². The van der Waals surface area contributed by atoms with Crippen LogP contribution in [0.1, 0.15) is 0 Å². The smallest absolute Gasteiger partial charge is 0.107 e. The Bertz CT molecular complexity index is 676. The standard InChI is InChI=1S/C12H11BrN4/c1-17-12(9(14)6-15-17)11-4-7-2-3-8(13)5-10(7)16-11/h2-6,16H,14H2,1H3. The van der Waals surface area contributed by atoms with Crippen molar-refractivity contribution in [2.24, 2.45) is 7.05 Å². The van der Waals surface area contributed by atoms with Gasteiger partial charge in [0.05, 0.1) is 17.6 Å². The molecule has 2 aromatic heterocycles. The molecule has 3 N–H and O–H groups in total. The third-order valence-electron chi connectivity index (χ3n) is 2.81. The van der Waals surface area contributed by atoms with E-state index in [0.717, 1.165) is 26.8 Å². The Morgan fingerprint density at radius 3 is 2.88 bits per heavy atom. The summed E-state index contributed by atoms with van der Waals surface area (Å²) in [5, 5.41) is 5.30. The molecule has 86 valence electrons. The molecule has 0 spiro atoms. The Morgan fingerprint density at radius 2 is 2.18 bits per heavy atom. The second-order valence-electron chi connectivity index (χ2n) is 3.99. The molecule has 4 nitrogen and oxygen atoms in total. The van der Waals surface area contributed by atoms with Crippen molar-refractivity contribution < 1.29 is 0 Å². The van der Waals surface area contributed by atoms with Crippen LogP contribution in [0.4, 0.5) is 5.69 Å². The number of halogens is 1. The molecule has 0 bridgehead atoms. The van der Waals surface area contributed by atoms with Gasteiger partial charge in [0, 0.05) is 22.4 Å². The molecule has 0 aliphatic rings. The summed E-state index contributed by atoms with van der Waals surface area (Å²) in [5.74, 6) is 0. The van der Waals surface area contributed by atoms with Crippen molar-refractivity contribution in [3.05, 3.63) is 34.9 Å². The number of rotatable bonds is 1. The number of nitrogen functional groups attached to an aromatic ring is 1. The molecular weight excluding hydrogens is 280 g/mol. The molecule has 0 amide bonds. The Kier molecular flexibility index (Phi) is 2.22. The number of nitrogens with one attached hydrogen (secondary N) is 1. The highest BCUT2D eigenvalue weighted by atomic mass is 79.9. The van der Waals surface area contributed by atoms with E-state index in [9.17, 15) is 0 Å². The van der Waals surface area contributed by atoms with Crippen LogP contribution in [-0.2, 0) is 7.05 Å². The SMILES string of the molecule is Cn1ncc(N)c1-c1cc2ccc(Br)cc2[nH]1. The van der Waals surface area contributed by atoms with Gasteiger partial charge in [-0.25, -0.2) is 0 Å². The van der Waals surface area contributed by atoms with Crippen LogP contribution in [0.3, 0.4) is 0 Å². The quantitative estimate of drug-likeness (QED) is 0.724. The van der Waals surface area contributed by atoms with E-state index in [0.29, 0.717) is 5.69 Å². The van der Waals surface area contributed by atoms with Gasteiger partial charge in [-0.05, 0) is 18.2 Å². The van der Waals surface area contributed by atoms with Crippen LogP contribution in [-0.4, -0.2) is 14.8 Å². The van der Waals surface area contributed by atoms with Gasteiger partial charge in [-0.1, -0.05) is 22.0 Å². The third-order valence-corrected chi connectivity index (χ3v) is 3.30. The van der Waals surface area contributed by atoms with Crippen LogP contribution in [0.25, 0.3) is 22.3 Å². The van der Waals surface area contributed by atoms with Crippen LogP contribution in [0, 0.1) is 0 Å². The minimum absolute atomic E-state index is 0.679. The molecular formula is C12H11BrN4. The zero-order chi connectivity index (χ0) is 12.0. The summed E-state index contributed by atoms with van der Waals surface area (Å²) in [6.07, 6.45) is 1.66. The van der Waals surface area contributed by atoms with Gasteiger partial charge in [-0.3, -0.25) is 4.68 Å². The number of anilines is 1. The summed E-state index contributed by atoms with van der Waals surface area (Å²) in [6, 6.07) is 8.21. The van der Waals surface area contributed by atoms with E-state index < -0.39 is 0 Å². The zero-order valence-corrected chi connectivity index (χ0v) is 10.8. The van der Waals surface area contributed by atoms with Gasteiger partial charge < -0.3 is 10.7 Å². The number of nitrogens with zero attached hydrogens (tertiary/aromatic N) is 2. The first-order valence-electron chi connectivity index (χ1n) is 5.21. The van der Waals surface area contributed by atoms with Gasteiger partial charge in [0.15, 0.2) is 0 Å². The minimum atomic E-state index is 0.679. The van der Waals surface area contributed by atoms with Gasteiger partial charge in [0.25, 0.3) is 0 Å². The van der Waals surface area contributed by atoms with E-state index in [-0.39, 0.29) is 0 Å². The van der Waals surface area contributed by atoms with Gasteiger partial charge in [-0.15, -0.1) is 0 Å². The Hall–Kier alpha value is -1.75. The number of hydrogen-bond donors (Lipinski definition) is 2. The average Bonchev–Trinajstić information content (AvgIpc) is 2.81. The first kappa shape index (κ1) is 10.4. The molecule has 0 aliphatic heterocycles. The largest absolute Gasteiger partial charge is 0.396 e. The number of nitrogens with two attached hydrogens (primary N) is 1. The zero-order valence-electron chi connectivity index (χ0n) is 9.24. The van der Waals surface area contributed by atoms with Crippen LogP contribution in [0.15, 0.2) is 34.9 Å². The van der Waals surface area contributed by atoms with E-state index in [1.807, 2.05) is 19.2 Å². The second kappa shape index (κ2) is 3.63. The monoisotopic (exact) mass is 290 g/mol. The molecule has 0 radical (unpaired) electrons. The number of aromatic amines is 1. The lowest BCUT2D eigenvalue weighted by Crippen LogP contribution is -1.95. The van der Waals surface area contributed by atoms with Gasteiger partial charge in [0.1, 0.15) is 5.69 Å². The van der Waals surface area contributed by atoms with E-state index in [1.165, 1.54) is 0 Å². The van der Waals surface area contributed by atoms with Crippen LogP contribution >= 0.6 is 15.9 Å². The summed E-state index contributed by atoms with van der Waals surface area (Å²) >= 11 is 3.46. The Morgan fingerprint density at radius 1 is 1.35 bits per heavy atom. The highest BCUT2D eigenvalue weighted by Gasteiger charge is 2.11. The molecule has 5 heteroatoms. The third kappa shape index (κ3) is 1.63. The van der Waals surface area contributed by atoms with Crippen molar-refractivity contribution in [2.45, 2.75) is 0 Å². The van der Waals surface area contributed by atoms with Crippen molar-refractivity contribution in [1.29, 1.82) is 0 Å². The second-order valence-corrected chi connectivity index (χ2v) is 4.90. The summed E-state index contributed by atoms with van der Waals surface area (Å²) < 4.78 is 2.83. The first-order valence-corrected chi connectivity index (χ1v) is 6.00. The van der Waals surface area contributed by atoms with Gasteiger partial charge in [-0.2, -0.15) is 5.10 Å². The van der Waals surface area contributed by atoms with Crippen molar-refractivity contribution in [3.8, 4) is 11.4 Å². The number of fused-ring (bicyclic) bond motifs is 1. The van der Waals surface area contributed by atoms with Crippen molar-refractivity contribution in [3.63, 3.8) is 0 Å². The Labute approximate surface area is 107 Å². The maximum Gasteiger partial charge on any atom is 0.107 e. The molecule has 0 saturated carbocycles. The molecule has 3 rings (SSSR count). The number of benzene rings is 1. The number of H-pyrrole nitrogens is 1.